The number of para-hydroxylation sites is 1. The van der Waals surface area contributed by atoms with Crippen LogP contribution in [0.4, 0.5) is 11.5 Å². The number of anilines is 1. The average Bonchev–Trinajstić information content (AvgIpc) is 3.38. The van der Waals surface area contributed by atoms with E-state index in [0.29, 0.717) is 0 Å². The van der Waals surface area contributed by atoms with Crippen molar-refractivity contribution in [1.29, 1.82) is 0 Å². The van der Waals surface area contributed by atoms with Crippen molar-refractivity contribution in [2.75, 3.05) is 12.3 Å². The SMILES string of the molecule is Nc1ncnc2c1ncn2[C@@H]1O[C@H](COP(=O)(O)OP(=O)(O)OCc2ccccc2[N+](=O)[O-])[C@@H](O)[C@H]1O. The van der Waals surface area contributed by atoms with Gasteiger partial charge in [0.2, 0.25) is 0 Å². The van der Waals surface area contributed by atoms with E-state index in [1.54, 1.807) is 0 Å². The summed E-state index contributed by atoms with van der Waals surface area (Å²) >= 11 is 0. The number of nitrogens with two attached hydrogens (primary N) is 1. The van der Waals surface area contributed by atoms with Crippen molar-refractivity contribution in [3.8, 4) is 0 Å². The largest absolute Gasteiger partial charge is 0.481 e. The predicted molar refractivity (Wildman–Crippen MR) is 120 cm³/mol. The summed E-state index contributed by atoms with van der Waals surface area (Å²) in [7, 11) is -10.5. The number of ether oxygens (including phenoxy) is 1. The fourth-order valence-electron chi connectivity index (χ4n) is 3.46. The van der Waals surface area contributed by atoms with Gasteiger partial charge in [0.1, 0.15) is 30.2 Å². The smallest absolute Gasteiger partial charge is 0.387 e. The fraction of sp³-hybridized carbons (Fsp3) is 0.353. The number of nitrogen functional groups attached to an aromatic ring is 1. The molecule has 1 saturated heterocycles. The molecule has 37 heavy (non-hydrogen) atoms. The van der Waals surface area contributed by atoms with Gasteiger partial charge in [-0.3, -0.25) is 23.7 Å². The Morgan fingerprint density at radius 2 is 1.81 bits per heavy atom. The minimum absolute atomic E-state index is 0.0626. The maximum atomic E-state index is 12.2. The number of fused-ring (bicyclic) bond motifs is 1. The number of hydrogen-bond acceptors (Lipinski definition) is 14. The van der Waals surface area contributed by atoms with Gasteiger partial charge in [-0.15, -0.1) is 0 Å². The highest BCUT2D eigenvalue weighted by Gasteiger charge is 2.46. The normalized spacial score (nSPS) is 25.1. The molecule has 3 heterocycles. The lowest BCUT2D eigenvalue weighted by atomic mass is 10.1. The van der Waals surface area contributed by atoms with Crippen molar-refractivity contribution in [3.05, 3.63) is 52.6 Å². The van der Waals surface area contributed by atoms with Crippen LogP contribution in [0.5, 0.6) is 0 Å². The van der Waals surface area contributed by atoms with Crippen molar-refractivity contribution in [2.24, 2.45) is 0 Å². The Labute approximate surface area is 206 Å². The Hall–Kier alpha value is -2.89. The van der Waals surface area contributed by atoms with E-state index < -0.39 is 64.0 Å². The number of phosphoric acid groups is 2. The molecule has 0 aliphatic carbocycles. The molecular weight excluding hydrogens is 542 g/mol. The first-order valence-electron chi connectivity index (χ1n) is 10.2. The highest BCUT2D eigenvalue weighted by molar-refractivity contribution is 7.61. The lowest BCUT2D eigenvalue weighted by molar-refractivity contribution is -0.385. The summed E-state index contributed by atoms with van der Waals surface area (Å²) in [5, 5.41) is 31.8. The molecule has 1 aliphatic rings. The zero-order valence-corrected chi connectivity index (χ0v) is 20.2. The Bertz CT molecular complexity index is 1400. The molecule has 0 amide bonds. The van der Waals surface area contributed by atoms with Crippen LogP contribution in [-0.2, 0) is 33.8 Å². The van der Waals surface area contributed by atoms with E-state index in [1.807, 2.05) is 0 Å². The number of phosphoric ester groups is 2. The molecular formula is C17H20N6O12P2. The second kappa shape index (κ2) is 10.5. The lowest BCUT2D eigenvalue weighted by Crippen LogP contribution is -2.33. The third-order valence-electron chi connectivity index (χ3n) is 5.18. The summed E-state index contributed by atoms with van der Waals surface area (Å²) in [6.07, 6.45) is -3.45. The van der Waals surface area contributed by atoms with E-state index in [4.69, 9.17) is 10.5 Å². The number of benzene rings is 1. The molecule has 0 spiro atoms. The first kappa shape index (κ1) is 27.2. The molecule has 1 fully saturated rings. The van der Waals surface area contributed by atoms with Gasteiger partial charge in [-0.25, -0.2) is 24.1 Å². The van der Waals surface area contributed by atoms with E-state index in [0.717, 1.165) is 12.4 Å². The van der Waals surface area contributed by atoms with Crippen molar-refractivity contribution in [1.82, 2.24) is 19.5 Å². The Morgan fingerprint density at radius 1 is 1.11 bits per heavy atom. The average molecular weight is 562 g/mol. The van der Waals surface area contributed by atoms with Crippen molar-refractivity contribution in [3.63, 3.8) is 0 Å². The molecule has 0 saturated carbocycles. The van der Waals surface area contributed by atoms with Crippen LogP contribution in [0, 0.1) is 10.1 Å². The Morgan fingerprint density at radius 3 is 2.54 bits per heavy atom. The number of aliphatic hydroxyl groups is 2. The zero-order chi connectivity index (χ0) is 27.0. The first-order valence-corrected chi connectivity index (χ1v) is 13.2. The van der Waals surface area contributed by atoms with E-state index >= 15 is 0 Å². The Kier molecular flexibility index (Phi) is 7.68. The topological polar surface area (TPSA) is 265 Å². The lowest BCUT2D eigenvalue weighted by Gasteiger charge is -2.19. The van der Waals surface area contributed by atoms with Gasteiger partial charge in [0.15, 0.2) is 17.7 Å². The summed E-state index contributed by atoms with van der Waals surface area (Å²) in [5.41, 5.74) is 5.60. The van der Waals surface area contributed by atoms with Crippen LogP contribution in [0.25, 0.3) is 11.2 Å². The molecule has 6 N–H and O–H groups in total. The quantitative estimate of drug-likeness (QED) is 0.127. The fourth-order valence-corrected chi connectivity index (χ4v) is 5.52. The maximum absolute atomic E-state index is 12.2. The van der Waals surface area contributed by atoms with Gasteiger partial charge in [0, 0.05) is 6.07 Å². The number of aromatic nitrogens is 4. The molecule has 18 nitrogen and oxygen atoms in total. The molecule has 20 heteroatoms. The van der Waals surface area contributed by atoms with Gasteiger partial charge in [-0.1, -0.05) is 12.1 Å². The maximum Gasteiger partial charge on any atom is 0.481 e. The minimum atomic E-state index is -5.29. The van der Waals surface area contributed by atoms with Gasteiger partial charge in [-0.05, 0) is 6.07 Å². The molecule has 2 unspecified atom stereocenters. The standard InChI is InChI=1S/C17H20N6O12P2/c18-15-12-16(20-7-19-15)22(8-21-12)17-14(25)13(24)11(34-17)6-33-37(30,31)35-36(28,29)32-5-9-3-1-2-4-10(9)23(26)27/h1-4,7-8,11,13-14,17,24-25H,5-6H2,(H,28,29)(H,30,31)(H2,18,19,20)/t11-,13-,14-,17-/m1/s1. The monoisotopic (exact) mass is 562 g/mol. The van der Waals surface area contributed by atoms with Gasteiger partial charge in [0.25, 0.3) is 5.69 Å². The van der Waals surface area contributed by atoms with Crippen LogP contribution in [-0.4, -0.2) is 69.4 Å². The molecule has 200 valence electrons. The summed E-state index contributed by atoms with van der Waals surface area (Å²) in [4.78, 5) is 41.8. The van der Waals surface area contributed by atoms with E-state index in [2.05, 4.69) is 28.3 Å². The molecule has 1 aromatic carbocycles. The molecule has 1 aliphatic heterocycles. The third-order valence-corrected chi connectivity index (χ3v) is 7.76. The van der Waals surface area contributed by atoms with Crippen molar-refractivity contribution in [2.45, 2.75) is 31.1 Å². The number of nitro groups is 1. The molecule has 4 rings (SSSR count). The number of aliphatic hydroxyl groups excluding tert-OH is 2. The summed E-state index contributed by atoms with van der Waals surface area (Å²) < 4.78 is 44.6. The number of nitro benzene ring substituents is 1. The van der Waals surface area contributed by atoms with Gasteiger partial charge in [0.05, 0.1) is 30.0 Å². The van der Waals surface area contributed by atoms with Crippen LogP contribution >= 0.6 is 15.6 Å². The van der Waals surface area contributed by atoms with Crippen LogP contribution in [0.15, 0.2) is 36.9 Å². The highest BCUT2D eigenvalue weighted by atomic mass is 31.3. The van der Waals surface area contributed by atoms with Gasteiger partial charge >= 0.3 is 15.6 Å². The molecule has 2 aromatic heterocycles. The van der Waals surface area contributed by atoms with Crippen molar-refractivity contribution < 1.29 is 52.1 Å². The number of rotatable bonds is 10. The summed E-state index contributed by atoms with van der Waals surface area (Å²) in [6, 6.07) is 5.16. The second-order valence-corrected chi connectivity index (χ2v) is 10.6. The zero-order valence-electron chi connectivity index (χ0n) is 18.5. The third kappa shape index (κ3) is 6.00. The minimum Gasteiger partial charge on any atom is -0.387 e. The summed E-state index contributed by atoms with van der Waals surface area (Å²) in [5.74, 6) is 0.0626. The van der Waals surface area contributed by atoms with Gasteiger partial charge in [-0.2, -0.15) is 4.31 Å². The first-order chi connectivity index (χ1) is 17.4. The number of imidazole rings is 1. The van der Waals surface area contributed by atoms with Crippen LogP contribution < -0.4 is 5.73 Å². The van der Waals surface area contributed by atoms with Crippen LogP contribution in [0.3, 0.4) is 0 Å². The predicted octanol–water partition coefficient (Wildman–Crippen LogP) is 0.387. The molecule has 0 radical (unpaired) electrons. The second-order valence-electron chi connectivity index (χ2n) is 7.60. The van der Waals surface area contributed by atoms with Crippen LogP contribution in [0.1, 0.15) is 11.8 Å². The molecule has 3 aromatic rings. The van der Waals surface area contributed by atoms with E-state index in [9.17, 15) is 39.2 Å². The summed E-state index contributed by atoms with van der Waals surface area (Å²) in [6.45, 7) is -1.66. The van der Waals surface area contributed by atoms with E-state index in [-0.39, 0.29) is 22.5 Å². The molecule has 6 atom stereocenters. The number of nitrogens with zero attached hydrogens (tertiary/aromatic N) is 5. The Balaban J connectivity index is 1.37. The van der Waals surface area contributed by atoms with E-state index in [1.165, 1.54) is 29.1 Å². The van der Waals surface area contributed by atoms with Crippen LogP contribution in [0.2, 0.25) is 0 Å². The highest BCUT2D eigenvalue weighted by Crippen LogP contribution is 2.61. The molecule has 0 bridgehead atoms. The number of hydrogen-bond donors (Lipinski definition) is 5. The van der Waals surface area contributed by atoms with Crippen molar-refractivity contribution >= 4 is 38.3 Å². The van der Waals surface area contributed by atoms with Gasteiger partial charge < -0.3 is 30.5 Å².